The van der Waals surface area contributed by atoms with Crippen molar-refractivity contribution in [3.63, 3.8) is 0 Å². The molecule has 0 aliphatic carbocycles. The van der Waals surface area contributed by atoms with Gasteiger partial charge in [-0.2, -0.15) is 4.31 Å². The Balaban J connectivity index is 1.33. The molecule has 1 aliphatic heterocycles. The Kier molecular flexibility index (Phi) is 5.80. The first-order chi connectivity index (χ1) is 16.4. The zero-order valence-corrected chi connectivity index (χ0v) is 20.1. The van der Waals surface area contributed by atoms with Gasteiger partial charge in [0.2, 0.25) is 0 Å². The van der Waals surface area contributed by atoms with Crippen LogP contribution in [0, 0.1) is 6.92 Å². The standard InChI is InChI=1S/C24H22N4O4S2/c1-17-25-21-6-3-2-5-20(21)24(30)28(17)19-10-8-18(9-11-19)23(29)26-12-14-27(15-13-26)34(31,32)22-7-4-16-33-22/h2-11,16H,12-15H2,1H3. The van der Waals surface area contributed by atoms with Gasteiger partial charge in [0.15, 0.2) is 0 Å². The second-order valence-corrected chi connectivity index (χ2v) is 11.1. The Morgan fingerprint density at radius 1 is 0.941 bits per heavy atom. The average molecular weight is 495 g/mol. The van der Waals surface area contributed by atoms with Crippen LogP contribution < -0.4 is 5.56 Å². The number of benzene rings is 2. The van der Waals surface area contributed by atoms with E-state index < -0.39 is 10.0 Å². The number of piperazine rings is 1. The van der Waals surface area contributed by atoms with Crippen molar-refractivity contribution >= 4 is 38.2 Å². The molecule has 0 atom stereocenters. The third-order valence-electron chi connectivity index (χ3n) is 5.93. The fourth-order valence-corrected chi connectivity index (χ4v) is 6.72. The average Bonchev–Trinajstić information content (AvgIpc) is 3.40. The smallest absolute Gasteiger partial charge is 0.265 e. The van der Waals surface area contributed by atoms with Crippen molar-refractivity contribution in [2.45, 2.75) is 11.1 Å². The van der Waals surface area contributed by atoms with Crippen LogP contribution in [0.2, 0.25) is 0 Å². The molecule has 4 aromatic rings. The van der Waals surface area contributed by atoms with E-state index in [2.05, 4.69) is 4.98 Å². The van der Waals surface area contributed by atoms with Crippen LogP contribution in [0.15, 0.2) is 75.0 Å². The number of carbonyl (C=O) groups is 1. The number of carbonyl (C=O) groups excluding carboxylic acids is 1. The number of hydrogen-bond donors (Lipinski definition) is 0. The van der Waals surface area contributed by atoms with E-state index >= 15 is 0 Å². The lowest BCUT2D eigenvalue weighted by Gasteiger charge is -2.33. The summed E-state index contributed by atoms with van der Waals surface area (Å²) >= 11 is 1.19. The van der Waals surface area contributed by atoms with E-state index in [9.17, 15) is 18.0 Å². The van der Waals surface area contributed by atoms with E-state index in [4.69, 9.17) is 0 Å². The summed E-state index contributed by atoms with van der Waals surface area (Å²) in [4.78, 5) is 32.2. The molecule has 10 heteroatoms. The highest BCUT2D eigenvalue weighted by Gasteiger charge is 2.31. The van der Waals surface area contributed by atoms with Gasteiger partial charge in [-0.05, 0) is 54.8 Å². The summed E-state index contributed by atoms with van der Waals surface area (Å²) in [7, 11) is -3.52. The predicted molar refractivity (Wildman–Crippen MR) is 131 cm³/mol. The van der Waals surface area contributed by atoms with E-state index in [0.29, 0.717) is 45.3 Å². The molecule has 34 heavy (non-hydrogen) atoms. The number of amides is 1. The minimum atomic E-state index is -3.52. The fourth-order valence-electron chi connectivity index (χ4n) is 4.15. The topological polar surface area (TPSA) is 92.6 Å². The van der Waals surface area contributed by atoms with E-state index in [0.717, 1.165) is 0 Å². The third kappa shape index (κ3) is 3.93. The highest BCUT2D eigenvalue weighted by Crippen LogP contribution is 2.23. The molecule has 1 fully saturated rings. The molecule has 1 saturated heterocycles. The van der Waals surface area contributed by atoms with Gasteiger partial charge in [-0.1, -0.05) is 18.2 Å². The zero-order chi connectivity index (χ0) is 23.9. The first kappa shape index (κ1) is 22.5. The van der Waals surface area contributed by atoms with Gasteiger partial charge in [0, 0.05) is 31.7 Å². The summed E-state index contributed by atoms with van der Waals surface area (Å²) in [6.07, 6.45) is 0. The predicted octanol–water partition coefficient (Wildman–Crippen LogP) is 2.90. The highest BCUT2D eigenvalue weighted by atomic mass is 32.2. The van der Waals surface area contributed by atoms with Crippen LogP contribution in [0.4, 0.5) is 0 Å². The molecule has 174 valence electrons. The molecule has 0 bridgehead atoms. The van der Waals surface area contributed by atoms with Crippen LogP contribution >= 0.6 is 11.3 Å². The third-order valence-corrected chi connectivity index (χ3v) is 9.20. The molecule has 5 rings (SSSR count). The quantitative estimate of drug-likeness (QED) is 0.435. The number of rotatable bonds is 4. The number of sulfonamides is 1. The van der Waals surface area contributed by atoms with Crippen LogP contribution in [0.3, 0.4) is 0 Å². The van der Waals surface area contributed by atoms with Crippen molar-refractivity contribution in [1.82, 2.24) is 18.8 Å². The SMILES string of the molecule is Cc1nc2ccccc2c(=O)n1-c1ccc(C(=O)N2CCN(S(=O)(=O)c3cccs3)CC2)cc1. The lowest BCUT2D eigenvalue weighted by molar-refractivity contribution is 0.0698. The molecule has 0 saturated carbocycles. The molecule has 1 amide bonds. The summed E-state index contributed by atoms with van der Waals surface area (Å²) < 4.78 is 28.7. The maximum atomic E-state index is 13.0. The van der Waals surface area contributed by atoms with Crippen molar-refractivity contribution in [1.29, 1.82) is 0 Å². The molecular formula is C24H22N4O4S2. The van der Waals surface area contributed by atoms with Crippen LogP contribution in [0.5, 0.6) is 0 Å². The first-order valence-corrected chi connectivity index (χ1v) is 13.1. The Bertz CT molecular complexity index is 1520. The highest BCUT2D eigenvalue weighted by molar-refractivity contribution is 7.91. The minimum absolute atomic E-state index is 0.162. The van der Waals surface area contributed by atoms with E-state index in [-0.39, 0.29) is 24.6 Å². The summed E-state index contributed by atoms with van der Waals surface area (Å²) in [5.41, 5.74) is 1.60. The second-order valence-electron chi connectivity index (χ2n) is 7.99. The van der Waals surface area contributed by atoms with Gasteiger partial charge in [0.05, 0.1) is 16.6 Å². The second kappa shape index (κ2) is 8.79. The van der Waals surface area contributed by atoms with E-state index in [1.54, 1.807) is 71.8 Å². The Hall–Kier alpha value is -3.34. The number of hydrogen-bond acceptors (Lipinski definition) is 6. The molecule has 0 spiro atoms. The van der Waals surface area contributed by atoms with Crippen molar-refractivity contribution in [2.24, 2.45) is 0 Å². The number of aryl methyl sites for hydroxylation is 1. The molecule has 0 N–H and O–H groups in total. The number of aromatic nitrogens is 2. The molecule has 2 aromatic heterocycles. The first-order valence-electron chi connectivity index (χ1n) is 10.8. The fraction of sp³-hybridized carbons (Fsp3) is 0.208. The number of fused-ring (bicyclic) bond motifs is 1. The van der Waals surface area contributed by atoms with Gasteiger partial charge in [0.1, 0.15) is 10.0 Å². The molecule has 3 heterocycles. The van der Waals surface area contributed by atoms with Gasteiger partial charge >= 0.3 is 0 Å². The Morgan fingerprint density at radius 2 is 1.65 bits per heavy atom. The van der Waals surface area contributed by atoms with Gasteiger partial charge in [-0.25, -0.2) is 13.4 Å². The van der Waals surface area contributed by atoms with Crippen molar-refractivity contribution in [3.05, 3.63) is 87.8 Å². The maximum absolute atomic E-state index is 13.0. The van der Waals surface area contributed by atoms with Crippen LogP contribution in [-0.4, -0.2) is 59.3 Å². The van der Waals surface area contributed by atoms with Gasteiger partial charge in [0.25, 0.3) is 21.5 Å². The van der Waals surface area contributed by atoms with Crippen LogP contribution in [0.25, 0.3) is 16.6 Å². The minimum Gasteiger partial charge on any atom is -0.336 e. The van der Waals surface area contributed by atoms with Crippen molar-refractivity contribution in [2.75, 3.05) is 26.2 Å². The van der Waals surface area contributed by atoms with Crippen LogP contribution in [-0.2, 0) is 10.0 Å². The number of thiophene rings is 1. The number of nitrogens with zero attached hydrogens (tertiary/aromatic N) is 4. The normalized spacial score (nSPS) is 15.0. The van der Waals surface area contributed by atoms with Gasteiger partial charge in [-0.3, -0.25) is 14.2 Å². The van der Waals surface area contributed by atoms with E-state index in [1.807, 2.05) is 6.07 Å². The summed E-state index contributed by atoms with van der Waals surface area (Å²) in [5, 5.41) is 2.27. The van der Waals surface area contributed by atoms with E-state index in [1.165, 1.54) is 20.2 Å². The largest absolute Gasteiger partial charge is 0.336 e. The molecule has 0 radical (unpaired) electrons. The van der Waals surface area contributed by atoms with Gasteiger partial charge < -0.3 is 4.90 Å². The molecular weight excluding hydrogens is 472 g/mol. The summed E-state index contributed by atoms with van der Waals surface area (Å²) in [6.45, 7) is 2.91. The molecule has 8 nitrogen and oxygen atoms in total. The van der Waals surface area contributed by atoms with Crippen molar-refractivity contribution < 1.29 is 13.2 Å². The zero-order valence-electron chi connectivity index (χ0n) is 18.4. The summed E-state index contributed by atoms with van der Waals surface area (Å²) in [5.74, 6) is 0.395. The Morgan fingerprint density at radius 3 is 2.32 bits per heavy atom. The molecule has 0 unspecified atom stereocenters. The summed E-state index contributed by atoms with van der Waals surface area (Å²) in [6, 6.07) is 17.3. The monoisotopic (exact) mass is 494 g/mol. The lowest BCUT2D eigenvalue weighted by atomic mass is 10.1. The number of para-hydroxylation sites is 1. The Labute approximate surface area is 200 Å². The molecule has 2 aromatic carbocycles. The van der Waals surface area contributed by atoms with Crippen LogP contribution in [0.1, 0.15) is 16.2 Å². The van der Waals surface area contributed by atoms with Gasteiger partial charge in [-0.15, -0.1) is 11.3 Å². The molecule has 1 aliphatic rings. The van der Waals surface area contributed by atoms with Crippen molar-refractivity contribution in [3.8, 4) is 5.69 Å². The lowest BCUT2D eigenvalue weighted by Crippen LogP contribution is -2.50. The maximum Gasteiger partial charge on any atom is 0.265 e.